The van der Waals surface area contributed by atoms with Crippen molar-refractivity contribution in [2.24, 2.45) is 28.7 Å². The van der Waals surface area contributed by atoms with Crippen LogP contribution in [0, 0.1) is 0 Å². The molecule has 1 amide bonds. The van der Waals surface area contributed by atoms with Gasteiger partial charge in [-0.1, -0.05) is 18.2 Å². The third kappa shape index (κ3) is 19.4. The summed E-state index contributed by atoms with van der Waals surface area (Å²) >= 11 is 5.25. The molecule has 4 unspecified atom stereocenters. The first-order valence-electron chi connectivity index (χ1n) is 11.9. The van der Waals surface area contributed by atoms with E-state index in [2.05, 4.69) is 17.6 Å². The molecule has 0 spiro atoms. The van der Waals surface area contributed by atoms with Crippen LogP contribution in [0.25, 0.3) is 10.9 Å². The first-order chi connectivity index (χ1) is 19.1. The number of fused-ring (bicyclic) bond motifs is 1. The summed E-state index contributed by atoms with van der Waals surface area (Å²) in [4.78, 5) is 53.7. The number of thiol groups is 1. The topological polar surface area (TPSA) is 312 Å². The van der Waals surface area contributed by atoms with Crippen molar-refractivity contribution < 1.29 is 44.4 Å². The molecule has 1 aromatic carbocycles. The number of aromatic nitrogens is 1. The van der Waals surface area contributed by atoms with Crippen molar-refractivity contribution in [3.05, 3.63) is 36.0 Å². The van der Waals surface area contributed by atoms with Gasteiger partial charge in [0.05, 0.1) is 0 Å². The minimum atomic E-state index is -1.11. The summed E-state index contributed by atoms with van der Waals surface area (Å²) in [5.74, 6) is -3.53. The van der Waals surface area contributed by atoms with E-state index in [1.165, 1.54) is 0 Å². The molecule has 15 nitrogen and oxygen atoms in total. The Morgan fingerprint density at radius 2 is 1.32 bits per heavy atom. The van der Waals surface area contributed by atoms with Gasteiger partial charge in [-0.25, -0.2) is 0 Å². The SMILES string of the molecule is CSCCC(N)C(=O)O.NC(=O)CCC(N)C(=O)O.NC(CS)C(=O)O.NC(Cc1c[nH]c2ccccc12)C(=O)O. The quantitative estimate of drug-likeness (QED) is 0.123. The lowest BCUT2D eigenvalue weighted by Gasteiger charge is -2.04. The van der Waals surface area contributed by atoms with Crippen molar-refractivity contribution in [2.45, 2.75) is 49.9 Å². The molecule has 1 aromatic heterocycles. The molecule has 0 radical (unpaired) electrons. The van der Waals surface area contributed by atoms with Gasteiger partial charge in [0, 0.05) is 35.7 Å². The predicted octanol–water partition coefficient (Wildman–Crippen LogP) is -0.734. The molecule has 0 fully saturated rings. The molecule has 0 saturated carbocycles. The molecule has 0 saturated heterocycles. The predicted molar refractivity (Wildman–Crippen MR) is 160 cm³/mol. The molecule has 2 aromatic rings. The molecule has 0 bridgehead atoms. The third-order valence-electron chi connectivity index (χ3n) is 4.91. The van der Waals surface area contributed by atoms with Gasteiger partial charge >= 0.3 is 23.9 Å². The van der Waals surface area contributed by atoms with E-state index in [1.807, 2.05) is 36.7 Å². The Morgan fingerprint density at radius 1 is 0.829 bits per heavy atom. The number of para-hydroxylation sites is 1. The average molecular weight is 621 g/mol. The summed E-state index contributed by atoms with van der Waals surface area (Å²) in [6.07, 6.45) is 4.76. The molecule has 1 heterocycles. The van der Waals surface area contributed by atoms with E-state index < -0.39 is 54.0 Å². The second-order valence-electron chi connectivity index (χ2n) is 8.31. The van der Waals surface area contributed by atoms with Crippen LogP contribution in [0.3, 0.4) is 0 Å². The van der Waals surface area contributed by atoms with Gasteiger partial charge in [-0.2, -0.15) is 24.4 Å². The molecule has 232 valence electrons. The minimum Gasteiger partial charge on any atom is -0.480 e. The molecule has 2 rings (SSSR count). The van der Waals surface area contributed by atoms with Crippen LogP contribution in [0.4, 0.5) is 0 Å². The number of benzene rings is 1. The molecular formula is C24H40N6O9S2. The van der Waals surface area contributed by atoms with E-state index in [9.17, 15) is 24.0 Å². The number of primary amides is 1. The molecule has 41 heavy (non-hydrogen) atoms. The van der Waals surface area contributed by atoms with Gasteiger partial charge in [-0.3, -0.25) is 24.0 Å². The summed E-state index contributed by atoms with van der Waals surface area (Å²) in [6.45, 7) is 0. The first-order valence-corrected chi connectivity index (χ1v) is 14.0. The molecule has 0 aliphatic rings. The monoisotopic (exact) mass is 620 g/mol. The zero-order valence-corrected chi connectivity index (χ0v) is 24.2. The van der Waals surface area contributed by atoms with E-state index in [-0.39, 0.29) is 18.6 Å². The Hall–Kier alpha value is -3.35. The van der Waals surface area contributed by atoms with Crippen LogP contribution in [0.15, 0.2) is 30.5 Å². The Morgan fingerprint density at radius 3 is 1.73 bits per heavy atom. The number of carboxylic acids is 4. The van der Waals surface area contributed by atoms with Crippen LogP contribution in [-0.4, -0.2) is 97.1 Å². The van der Waals surface area contributed by atoms with Crippen molar-refractivity contribution >= 4 is 65.1 Å². The smallest absolute Gasteiger partial charge is 0.321 e. The van der Waals surface area contributed by atoms with Crippen LogP contribution >= 0.6 is 24.4 Å². The molecular weight excluding hydrogens is 580 g/mol. The van der Waals surface area contributed by atoms with Crippen LogP contribution < -0.4 is 28.7 Å². The molecule has 4 atom stereocenters. The van der Waals surface area contributed by atoms with E-state index in [4.69, 9.17) is 49.1 Å². The fourth-order valence-electron chi connectivity index (χ4n) is 2.49. The van der Waals surface area contributed by atoms with Gasteiger partial charge in [-0.15, -0.1) is 0 Å². The van der Waals surface area contributed by atoms with E-state index in [1.54, 1.807) is 11.8 Å². The van der Waals surface area contributed by atoms with Crippen molar-refractivity contribution in [1.82, 2.24) is 4.98 Å². The number of nitrogens with two attached hydrogens (primary N) is 5. The summed E-state index contributed by atoms with van der Waals surface area (Å²) < 4.78 is 0. The normalized spacial score (nSPS) is 12.9. The third-order valence-corrected chi connectivity index (χ3v) is 5.95. The standard InChI is InChI=1S/C11H12N2O2.C5H10N2O3.C5H11NO2S.C3H7NO2S/c12-9(11(14)15)5-7-6-13-10-4-2-1-3-8(7)10;6-3(5(9)10)1-2-4(7)8;1-9-3-2-4(6)5(7)8;4-2(1-7)3(5)6/h1-4,6,9,13H,5,12H2,(H,14,15);3H,1-2,6H2,(H2,7,8)(H,9,10);4H,2-3,6H2,1H3,(H,7,8);2,7H,1,4H2,(H,5,6). The van der Waals surface area contributed by atoms with Crippen LogP contribution in [-0.2, 0) is 30.4 Å². The van der Waals surface area contributed by atoms with Crippen molar-refractivity contribution in [1.29, 1.82) is 0 Å². The molecule has 0 aliphatic carbocycles. The number of carbonyl (C=O) groups excluding carboxylic acids is 1. The van der Waals surface area contributed by atoms with Gasteiger partial charge in [0.2, 0.25) is 5.91 Å². The Labute approximate surface area is 246 Å². The van der Waals surface area contributed by atoms with Crippen LogP contribution in [0.1, 0.15) is 24.8 Å². The van der Waals surface area contributed by atoms with Crippen molar-refractivity contribution in [3.63, 3.8) is 0 Å². The van der Waals surface area contributed by atoms with Gasteiger partial charge < -0.3 is 54.1 Å². The molecule has 17 heteroatoms. The van der Waals surface area contributed by atoms with Gasteiger partial charge in [0.15, 0.2) is 0 Å². The number of hydrogen-bond acceptors (Lipinski definition) is 11. The highest BCUT2D eigenvalue weighted by Crippen LogP contribution is 2.18. The van der Waals surface area contributed by atoms with Crippen LogP contribution in [0.5, 0.6) is 0 Å². The highest BCUT2D eigenvalue weighted by atomic mass is 32.2. The van der Waals surface area contributed by atoms with Gasteiger partial charge in [0.1, 0.15) is 24.2 Å². The highest BCUT2D eigenvalue weighted by molar-refractivity contribution is 7.98. The zero-order chi connectivity index (χ0) is 32.1. The number of hydrogen-bond donors (Lipinski definition) is 11. The lowest BCUT2D eigenvalue weighted by molar-refractivity contribution is -0.139. The maximum atomic E-state index is 10.6. The maximum absolute atomic E-state index is 10.6. The Balaban J connectivity index is 0. The zero-order valence-electron chi connectivity index (χ0n) is 22.5. The molecule has 0 aliphatic heterocycles. The number of carbonyl (C=O) groups is 5. The lowest BCUT2D eigenvalue weighted by atomic mass is 10.1. The number of amides is 1. The summed E-state index contributed by atoms with van der Waals surface area (Å²) in [7, 11) is 0. The summed E-state index contributed by atoms with van der Waals surface area (Å²) in [5.41, 5.74) is 27.4. The number of aliphatic carboxylic acids is 4. The van der Waals surface area contributed by atoms with Gasteiger partial charge in [0.25, 0.3) is 0 Å². The highest BCUT2D eigenvalue weighted by Gasteiger charge is 2.14. The van der Waals surface area contributed by atoms with E-state index >= 15 is 0 Å². The fraction of sp³-hybridized carbons (Fsp3) is 0.458. The fourth-order valence-corrected chi connectivity index (χ4v) is 3.14. The summed E-state index contributed by atoms with van der Waals surface area (Å²) in [6, 6.07) is 4.43. The van der Waals surface area contributed by atoms with E-state index in [0.717, 1.165) is 22.2 Å². The Kier molecular flexibility index (Phi) is 21.7. The second-order valence-corrected chi connectivity index (χ2v) is 9.66. The number of aromatic amines is 1. The minimum absolute atomic E-state index is 0.0213. The van der Waals surface area contributed by atoms with E-state index in [0.29, 0.717) is 12.8 Å². The number of nitrogens with one attached hydrogen (secondary N) is 1. The number of rotatable bonds is 13. The molecule has 15 N–H and O–H groups in total. The summed E-state index contributed by atoms with van der Waals surface area (Å²) in [5, 5.41) is 34.3. The Bertz CT molecular complexity index is 1100. The number of H-pyrrole nitrogens is 1. The van der Waals surface area contributed by atoms with Gasteiger partial charge in [-0.05, 0) is 36.5 Å². The number of thioether (sulfide) groups is 1. The first kappa shape index (κ1) is 39.8. The van der Waals surface area contributed by atoms with Crippen LogP contribution in [0.2, 0.25) is 0 Å². The van der Waals surface area contributed by atoms with Crippen molar-refractivity contribution in [3.8, 4) is 0 Å². The van der Waals surface area contributed by atoms with Crippen molar-refractivity contribution in [2.75, 3.05) is 17.8 Å². The second kappa shape index (κ2) is 22.4. The number of carboxylic acid groups (broad SMARTS) is 4. The maximum Gasteiger partial charge on any atom is 0.321 e. The largest absolute Gasteiger partial charge is 0.480 e. The average Bonchev–Trinajstić information content (AvgIpc) is 3.33. The lowest BCUT2D eigenvalue weighted by Crippen LogP contribution is -2.32.